The Bertz CT molecular complexity index is 738. The highest BCUT2D eigenvalue weighted by Crippen LogP contribution is 2.36. The molecule has 0 bridgehead atoms. The van der Waals surface area contributed by atoms with Gasteiger partial charge in [0.15, 0.2) is 5.78 Å². The summed E-state index contributed by atoms with van der Waals surface area (Å²) in [5.41, 5.74) is 3.46. The second-order valence-corrected chi connectivity index (χ2v) is 5.18. The van der Waals surface area contributed by atoms with Crippen molar-refractivity contribution in [2.75, 3.05) is 11.9 Å². The Morgan fingerprint density at radius 1 is 1.29 bits per heavy atom. The first kappa shape index (κ1) is 12.4. The first-order chi connectivity index (χ1) is 10.2. The lowest BCUT2D eigenvalue weighted by Crippen LogP contribution is -2.30. The molecule has 2 aliphatic heterocycles. The van der Waals surface area contributed by atoms with Crippen LogP contribution >= 0.6 is 0 Å². The van der Waals surface area contributed by atoms with Crippen LogP contribution in [0.3, 0.4) is 0 Å². The van der Waals surface area contributed by atoms with Gasteiger partial charge in [0, 0.05) is 12.5 Å². The SMILES string of the molecule is O=C1C=CC2CNOC2C1=C1Nc2c(F)cccc2C1=O. The molecule has 0 saturated carbocycles. The van der Waals surface area contributed by atoms with Gasteiger partial charge in [-0.3, -0.25) is 14.4 Å². The maximum atomic E-state index is 13.8. The van der Waals surface area contributed by atoms with Gasteiger partial charge in [0.2, 0.25) is 5.78 Å². The summed E-state index contributed by atoms with van der Waals surface area (Å²) in [6.45, 7) is 0.570. The number of hydroxylamine groups is 1. The van der Waals surface area contributed by atoms with Crippen LogP contribution in [0.1, 0.15) is 10.4 Å². The second-order valence-electron chi connectivity index (χ2n) is 5.18. The maximum Gasteiger partial charge on any atom is 0.211 e. The molecule has 4 rings (SSSR count). The zero-order valence-corrected chi connectivity index (χ0v) is 10.9. The van der Waals surface area contributed by atoms with Crippen molar-refractivity contribution < 1.29 is 18.8 Å². The third-order valence-electron chi connectivity index (χ3n) is 3.97. The Morgan fingerprint density at radius 2 is 2.14 bits per heavy atom. The van der Waals surface area contributed by atoms with E-state index in [-0.39, 0.29) is 40.0 Å². The van der Waals surface area contributed by atoms with E-state index < -0.39 is 11.9 Å². The third kappa shape index (κ3) is 1.69. The molecule has 2 N–H and O–H groups in total. The molecule has 2 atom stereocenters. The molecule has 1 aromatic rings. The van der Waals surface area contributed by atoms with Crippen molar-refractivity contribution in [3.05, 3.63) is 53.0 Å². The second kappa shape index (κ2) is 4.34. The van der Waals surface area contributed by atoms with Crippen molar-refractivity contribution in [2.24, 2.45) is 5.92 Å². The molecule has 1 aliphatic carbocycles. The number of nitrogens with one attached hydrogen (secondary N) is 2. The number of fused-ring (bicyclic) bond motifs is 2. The van der Waals surface area contributed by atoms with Crippen LogP contribution in [0.5, 0.6) is 0 Å². The number of ketones is 2. The zero-order chi connectivity index (χ0) is 14.6. The van der Waals surface area contributed by atoms with Gasteiger partial charge in [-0.1, -0.05) is 12.1 Å². The summed E-state index contributed by atoms with van der Waals surface area (Å²) in [4.78, 5) is 30.0. The molecule has 0 spiro atoms. The van der Waals surface area contributed by atoms with Crippen molar-refractivity contribution in [3.63, 3.8) is 0 Å². The van der Waals surface area contributed by atoms with E-state index in [9.17, 15) is 14.0 Å². The van der Waals surface area contributed by atoms with Gasteiger partial charge in [-0.25, -0.2) is 9.87 Å². The van der Waals surface area contributed by atoms with Gasteiger partial charge in [0.25, 0.3) is 0 Å². The zero-order valence-electron chi connectivity index (χ0n) is 10.9. The summed E-state index contributed by atoms with van der Waals surface area (Å²) < 4.78 is 13.8. The largest absolute Gasteiger partial charge is 0.349 e. The number of anilines is 1. The molecule has 3 aliphatic rings. The van der Waals surface area contributed by atoms with Crippen molar-refractivity contribution in [1.82, 2.24) is 5.48 Å². The predicted molar refractivity (Wildman–Crippen MR) is 71.9 cm³/mol. The Balaban J connectivity index is 1.87. The minimum absolute atomic E-state index is 0.00615. The van der Waals surface area contributed by atoms with Gasteiger partial charge in [0.1, 0.15) is 11.9 Å². The molecular formula is C15H11FN2O3. The van der Waals surface area contributed by atoms with Crippen LogP contribution in [0.2, 0.25) is 0 Å². The number of hydrogen-bond acceptors (Lipinski definition) is 5. The standard InChI is InChI=1S/C15H11FN2O3/c16-9-3-1-2-8-12(9)18-13(14(8)20)11-10(19)5-4-7-6-17-21-15(7)11/h1-5,7,15,17-18H,6H2. The summed E-state index contributed by atoms with van der Waals surface area (Å²) in [5.74, 6) is -1.19. The Kier molecular flexibility index (Phi) is 2.57. The Labute approximate surface area is 119 Å². The van der Waals surface area contributed by atoms with Crippen molar-refractivity contribution in [2.45, 2.75) is 6.10 Å². The molecule has 2 heterocycles. The number of allylic oxidation sites excluding steroid dienone is 2. The van der Waals surface area contributed by atoms with E-state index in [2.05, 4.69) is 10.8 Å². The number of carbonyl (C=O) groups is 2. The summed E-state index contributed by atoms with van der Waals surface area (Å²) in [5, 5.41) is 2.76. The number of para-hydroxylation sites is 1. The molecular weight excluding hydrogens is 275 g/mol. The highest BCUT2D eigenvalue weighted by molar-refractivity contribution is 6.23. The smallest absolute Gasteiger partial charge is 0.211 e. The molecule has 106 valence electrons. The van der Waals surface area contributed by atoms with E-state index >= 15 is 0 Å². The number of hydrogen-bond donors (Lipinski definition) is 2. The van der Waals surface area contributed by atoms with Gasteiger partial charge >= 0.3 is 0 Å². The van der Waals surface area contributed by atoms with E-state index in [1.807, 2.05) is 0 Å². The van der Waals surface area contributed by atoms with Crippen molar-refractivity contribution in [3.8, 4) is 0 Å². The highest BCUT2D eigenvalue weighted by atomic mass is 19.1. The van der Waals surface area contributed by atoms with Gasteiger partial charge in [-0.05, 0) is 18.2 Å². The fourth-order valence-corrected chi connectivity index (χ4v) is 2.92. The van der Waals surface area contributed by atoms with Crippen LogP contribution in [-0.4, -0.2) is 24.2 Å². The lowest BCUT2D eigenvalue weighted by Gasteiger charge is -2.21. The molecule has 2 unspecified atom stereocenters. The summed E-state index contributed by atoms with van der Waals surface area (Å²) in [7, 11) is 0. The van der Waals surface area contributed by atoms with Crippen LogP contribution in [0.4, 0.5) is 10.1 Å². The van der Waals surface area contributed by atoms with E-state index in [1.54, 1.807) is 6.08 Å². The van der Waals surface area contributed by atoms with E-state index in [1.165, 1.54) is 24.3 Å². The first-order valence-electron chi connectivity index (χ1n) is 6.62. The highest BCUT2D eigenvalue weighted by Gasteiger charge is 2.41. The molecule has 0 radical (unpaired) electrons. The van der Waals surface area contributed by atoms with Gasteiger partial charge in [-0.2, -0.15) is 0 Å². The van der Waals surface area contributed by atoms with Gasteiger partial charge < -0.3 is 5.32 Å². The van der Waals surface area contributed by atoms with Gasteiger partial charge in [-0.15, -0.1) is 0 Å². The molecule has 1 aromatic carbocycles. The molecule has 5 nitrogen and oxygen atoms in total. The van der Waals surface area contributed by atoms with Crippen molar-refractivity contribution >= 4 is 17.3 Å². The number of Topliss-reactive ketones (excluding diaryl/α,β-unsaturated/α-hetero) is 1. The Hall–Kier alpha value is -2.31. The Morgan fingerprint density at radius 3 is 2.95 bits per heavy atom. The summed E-state index contributed by atoms with van der Waals surface area (Å²) >= 11 is 0. The maximum absolute atomic E-state index is 13.8. The van der Waals surface area contributed by atoms with Crippen LogP contribution in [0, 0.1) is 11.7 Å². The summed E-state index contributed by atoms with van der Waals surface area (Å²) in [6.07, 6.45) is 2.68. The monoisotopic (exact) mass is 286 g/mol. The minimum atomic E-state index is -0.522. The van der Waals surface area contributed by atoms with Crippen LogP contribution in [0.25, 0.3) is 0 Å². The molecule has 6 heteroatoms. The topological polar surface area (TPSA) is 67.4 Å². The molecule has 21 heavy (non-hydrogen) atoms. The third-order valence-corrected chi connectivity index (χ3v) is 3.97. The number of rotatable bonds is 0. The van der Waals surface area contributed by atoms with Crippen LogP contribution < -0.4 is 10.8 Å². The average molecular weight is 286 g/mol. The van der Waals surface area contributed by atoms with E-state index in [0.717, 1.165) is 0 Å². The quantitative estimate of drug-likeness (QED) is 0.705. The minimum Gasteiger partial charge on any atom is -0.349 e. The van der Waals surface area contributed by atoms with Crippen molar-refractivity contribution in [1.29, 1.82) is 0 Å². The number of benzene rings is 1. The average Bonchev–Trinajstić information content (AvgIpc) is 3.06. The van der Waals surface area contributed by atoms with E-state index in [4.69, 9.17) is 4.84 Å². The number of carbonyl (C=O) groups excluding carboxylic acids is 2. The normalized spacial score (nSPS) is 30.3. The fourth-order valence-electron chi connectivity index (χ4n) is 2.92. The molecule has 0 aromatic heterocycles. The predicted octanol–water partition coefficient (Wildman–Crippen LogP) is 1.35. The van der Waals surface area contributed by atoms with Crippen LogP contribution in [-0.2, 0) is 9.63 Å². The molecule has 1 fully saturated rings. The summed E-state index contributed by atoms with van der Waals surface area (Å²) in [6, 6.07) is 4.28. The number of halogens is 1. The lowest BCUT2D eigenvalue weighted by molar-refractivity contribution is -0.113. The lowest BCUT2D eigenvalue weighted by atomic mass is 9.86. The first-order valence-corrected chi connectivity index (χ1v) is 6.62. The fraction of sp³-hybridized carbons (Fsp3) is 0.200. The molecule has 0 amide bonds. The van der Waals surface area contributed by atoms with Gasteiger partial charge in [0.05, 0.1) is 22.5 Å². The molecule has 1 saturated heterocycles. The van der Waals surface area contributed by atoms with E-state index in [0.29, 0.717) is 6.54 Å². The van der Waals surface area contributed by atoms with Crippen LogP contribution in [0.15, 0.2) is 41.6 Å².